The van der Waals surface area contributed by atoms with Crippen molar-refractivity contribution >= 4 is 17.4 Å². The molecule has 0 aliphatic rings. The lowest BCUT2D eigenvalue weighted by atomic mass is 9.83. The molecule has 0 atom stereocenters. The highest BCUT2D eigenvalue weighted by molar-refractivity contribution is 6.30. The molecule has 0 saturated heterocycles. The van der Waals surface area contributed by atoms with Gasteiger partial charge in [0.1, 0.15) is 0 Å². The van der Waals surface area contributed by atoms with Crippen LogP contribution in [0.4, 0.5) is 10.2 Å². The van der Waals surface area contributed by atoms with Gasteiger partial charge in [0, 0.05) is 18.2 Å². The highest BCUT2D eigenvalue weighted by atomic mass is 35.5. The summed E-state index contributed by atoms with van der Waals surface area (Å²) in [6, 6.07) is 1.22. The Morgan fingerprint density at radius 1 is 1.47 bits per heavy atom. The topological polar surface area (TPSA) is 45.1 Å². The van der Waals surface area contributed by atoms with Crippen molar-refractivity contribution in [3.8, 4) is 0 Å². The zero-order valence-corrected chi connectivity index (χ0v) is 10.9. The number of halogens is 2. The average molecular weight is 261 g/mol. The van der Waals surface area contributed by atoms with Crippen LogP contribution < -0.4 is 5.32 Å². The number of aliphatic hydroxyl groups excluding tert-OH is 1. The molecule has 1 rings (SSSR count). The lowest BCUT2D eigenvalue weighted by Crippen LogP contribution is -2.32. The van der Waals surface area contributed by atoms with Gasteiger partial charge in [-0.2, -0.15) is 0 Å². The molecular weight excluding hydrogens is 243 g/mol. The highest BCUT2D eigenvalue weighted by Crippen LogP contribution is 2.26. The van der Waals surface area contributed by atoms with Gasteiger partial charge in [0.2, 0.25) is 0 Å². The number of anilines is 1. The number of hydrogen-bond acceptors (Lipinski definition) is 3. The lowest BCUT2D eigenvalue weighted by molar-refractivity contribution is 0.127. The van der Waals surface area contributed by atoms with E-state index in [0.717, 1.165) is 12.8 Å². The Balaban J connectivity index is 2.72. The van der Waals surface area contributed by atoms with E-state index in [4.69, 9.17) is 11.6 Å². The summed E-state index contributed by atoms with van der Waals surface area (Å²) in [6.07, 6.45) is 3.04. The summed E-state index contributed by atoms with van der Waals surface area (Å²) in [6.45, 7) is 4.57. The minimum absolute atomic E-state index is 0.0716. The van der Waals surface area contributed by atoms with Crippen LogP contribution in [0.5, 0.6) is 0 Å². The molecule has 0 aliphatic heterocycles. The highest BCUT2D eigenvalue weighted by Gasteiger charge is 2.25. The maximum Gasteiger partial charge on any atom is 0.166 e. The third-order valence-electron chi connectivity index (χ3n) is 3.27. The van der Waals surface area contributed by atoms with Gasteiger partial charge in [-0.15, -0.1) is 0 Å². The van der Waals surface area contributed by atoms with Crippen molar-refractivity contribution < 1.29 is 9.50 Å². The molecule has 0 fully saturated rings. The third-order valence-corrected chi connectivity index (χ3v) is 3.48. The zero-order chi connectivity index (χ0) is 12.9. The molecule has 0 bridgehead atoms. The van der Waals surface area contributed by atoms with Gasteiger partial charge in [-0.3, -0.25) is 0 Å². The molecule has 0 amide bonds. The van der Waals surface area contributed by atoms with Crippen molar-refractivity contribution in [2.75, 3.05) is 18.5 Å². The van der Waals surface area contributed by atoms with E-state index in [1.807, 2.05) is 13.8 Å². The van der Waals surface area contributed by atoms with Gasteiger partial charge >= 0.3 is 0 Å². The van der Waals surface area contributed by atoms with Crippen LogP contribution in [-0.2, 0) is 0 Å². The van der Waals surface area contributed by atoms with Gasteiger partial charge in [0.25, 0.3) is 0 Å². The standard InChI is InChI=1S/C12H18ClFN2O/c1-3-12(4-2,8-17)7-16-11-10(14)5-9(13)6-15-11/h5-6,17H,3-4,7-8H2,1-2H3,(H,15,16). The van der Waals surface area contributed by atoms with Crippen LogP contribution >= 0.6 is 11.6 Å². The first-order chi connectivity index (χ1) is 8.06. The minimum atomic E-state index is -0.475. The second kappa shape index (κ2) is 6.17. The normalized spacial score (nSPS) is 11.6. The molecule has 96 valence electrons. The minimum Gasteiger partial charge on any atom is -0.396 e. The fourth-order valence-electron chi connectivity index (χ4n) is 1.60. The second-order valence-corrected chi connectivity index (χ2v) is 4.64. The number of nitrogens with zero attached hydrogens (tertiary/aromatic N) is 1. The van der Waals surface area contributed by atoms with Crippen LogP contribution in [-0.4, -0.2) is 23.2 Å². The largest absolute Gasteiger partial charge is 0.396 e. The Morgan fingerprint density at radius 2 is 2.12 bits per heavy atom. The van der Waals surface area contributed by atoms with Gasteiger partial charge in [0.15, 0.2) is 11.6 Å². The number of nitrogens with one attached hydrogen (secondary N) is 1. The van der Waals surface area contributed by atoms with Crippen LogP contribution in [0, 0.1) is 11.2 Å². The van der Waals surface area contributed by atoms with E-state index in [2.05, 4.69) is 10.3 Å². The second-order valence-electron chi connectivity index (χ2n) is 4.20. The number of aromatic nitrogens is 1. The molecule has 0 spiro atoms. The molecule has 0 saturated carbocycles. The molecule has 3 nitrogen and oxygen atoms in total. The van der Waals surface area contributed by atoms with E-state index in [0.29, 0.717) is 6.54 Å². The van der Waals surface area contributed by atoms with Gasteiger partial charge in [-0.25, -0.2) is 9.37 Å². The molecule has 5 heteroatoms. The Bertz CT molecular complexity index is 361. The van der Waals surface area contributed by atoms with Crippen LogP contribution in [0.3, 0.4) is 0 Å². The summed E-state index contributed by atoms with van der Waals surface area (Å²) in [5.41, 5.74) is -0.228. The summed E-state index contributed by atoms with van der Waals surface area (Å²) in [7, 11) is 0. The van der Waals surface area contributed by atoms with E-state index < -0.39 is 5.82 Å². The predicted molar refractivity (Wildman–Crippen MR) is 67.8 cm³/mol. The molecule has 2 N–H and O–H groups in total. The molecule has 1 heterocycles. The van der Waals surface area contributed by atoms with Crippen LogP contribution in [0.2, 0.25) is 5.02 Å². The number of pyridine rings is 1. The monoisotopic (exact) mass is 260 g/mol. The number of rotatable bonds is 6. The quantitative estimate of drug-likeness (QED) is 0.826. The Labute approximate surface area is 106 Å². The van der Waals surface area contributed by atoms with Gasteiger partial charge in [-0.1, -0.05) is 25.4 Å². The van der Waals surface area contributed by atoms with E-state index in [1.165, 1.54) is 12.3 Å². The smallest absolute Gasteiger partial charge is 0.166 e. The average Bonchev–Trinajstić information content (AvgIpc) is 2.33. The fraction of sp³-hybridized carbons (Fsp3) is 0.583. The molecule has 0 aliphatic carbocycles. The zero-order valence-electron chi connectivity index (χ0n) is 10.1. The lowest BCUT2D eigenvalue weighted by Gasteiger charge is -2.29. The van der Waals surface area contributed by atoms with Crippen molar-refractivity contribution in [2.24, 2.45) is 5.41 Å². The van der Waals surface area contributed by atoms with E-state index in [-0.39, 0.29) is 22.9 Å². The summed E-state index contributed by atoms with van der Waals surface area (Å²) in [5, 5.41) is 12.6. The maximum absolute atomic E-state index is 13.5. The Morgan fingerprint density at radius 3 is 2.59 bits per heavy atom. The molecule has 1 aromatic heterocycles. The number of hydrogen-bond donors (Lipinski definition) is 2. The Hall–Kier alpha value is -0.870. The van der Waals surface area contributed by atoms with Crippen molar-refractivity contribution in [1.29, 1.82) is 0 Å². The third kappa shape index (κ3) is 3.54. The first-order valence-electron chi connectivity index (χ1n) is 5.72. The van der Waals surface area contributed by atoms with Crippen molar-refractivity contribution in [1.82, 2.24) is 4.98 Å². The molecule has 0 unspecified atom stereocenters. The van der Waals surface area contributed by atoms with E-state index in [1.54, 1.807) is 0 Å². The van der Waals surface area contributed by atoms with Crippen LogP contribution in [0.1, 0.15) is 26.7 Å². The SMILES string of the molecule is CCC(CC)(CO)CNc1ncc(Cl)cc1F. The van der Waals surface area contributed by atoms with Gasteiger partial charge in [-0.05, 0) is 18.9 Å². The summed E-state index contributed by atoms with van der Waals surface area (Å²) < 4.78 is 13.5. The van der Waals surface area contributed by atoms with E-state index >= 15 is 0 Å². The summed E-state index contributed by atoms with van der Waals surface area (Å²) in [5.74, 6) is -0.300. The van der Waals surface area contributed by atoms with Gasteiger partial charge < -0.3 is 10.4 Å². The number of aliphatic hydroxyl groups is 1. The molecule has 17 heavy (non-hydrogen) atoms. The van der Waals surface area contributed by atoms with Crippen molar-refractivity contribution in [3.05, 3.63) is 23.1 Å². The summed E-state index contributed by atoms with van der Waals surface area (Å²) >= 11 is 5.62. The maximum atomic E-state index is 13.5. The summed E-state index contributed by atoms with van der Waals surface area (Å²) in [4.78, 5) is 3.88. The van der Waals surface area contributed by atoms with Crippen LogP contribution in [0.15, 0.2) is 12.3 Å². The van der Waals surface area contributed by atoms with Crippen molar-refractivity contribution in [2.45, 2.75) is 26.7 Å². The van der Waals surface area contributed by atoms with Crippen molar-refractivity contribution in [3.63, 3.8) is 0 Å². The van der Waals surface area contributed by atoms with Crippen LogP contribution in [0.25, 0.3) is 0 Å². The molecule has 0 aromatic carbocycles. The fourth-order valence-corrected chi connectivity index (χ4v) is 1.74. The first kappa shape index (κ1) is 14.2. The van der Waals surface area contributed by atoms with Gasteiger partial charge in [0.05, 0.1) is 11.6 Å². The van der Waals surface area contributed by atoms with E-state index in [9.17, 15) is 9.50 Å². The molecule has 0 radical (unpaired) electrons. The molecular formula is C12H18ClFN2O. The first-order valence-corrected chi connectivity index (χ1v) is 6.10. The Kier molecular flexibility index (Phi) is 5.15. The molecule has 1 aromatic rings. The predicted octanol–water partition coefficient (Wildman–Crippen LogP) is 3.08.